The number of hydrogen-bond acceptors (Lipinski definition) is 8. The molecular formula is C22H24N6O3S. The van der Waals surface area contributed by atoms with Crippen molar-refractivity contribution in [2.24, 2.45) is 0 Å². The van der Waals surface area contributed by atoms with Gasteiger partial charge in [-0.25, -0.2) is 4.98 Å². The first kappa shape index (κ1) is 20.8. The molecule has 1 fully saturated rings. The van der Waals surface area contributed by atoms with E-state index in [1.165, 1.54) is 11.3 Å². The number of carbonyl (C=O) groups excluding carboxylic acids is 2. The monoisotopic (exact) mass is 452 g/mol. The van der Waals surface area contributed by atoms with Crippen LogP contribution in [-0.2, 0) is 9.53 Å². The maximum Gasteiger partial charge on any atom is 0.275 e. The summed E-state index contributed by atoms with van der Waals surface area (Å²) in [5.74, 6) is -0.427. The van der Waals surface area contributed by atoms with E-state index in [-0.39, 0.29) is 23.6 Å². The molecule has 0 aromatic carbocycles. The Labute approximate surface area is 189 Å². The Bertz CT molecular complexity index is 1100. The second kappa shape index (κ2) is 8.81. The highest BCUT2D eigenvalue weighted by Crippen LogP contribution is 2.34. The fraction of sp³-hybridized carbons (Fsp3) is 0.364. The first-order chi connectivity index (χ1) is 15.7. The van der Waals surface area contributed by atoms with Crippen LogP contribution in [0.5, 0.6) is 0 Å². The smallest absolute Gasteiger partial charge is 0.275 e. The third-order valence-corrected chi connectivity index (χ3v) is 6.78. The van der Waals surface area contributed by atoms with E-state index in [1.54, 1.807) is 29.8 Å². The van der Waals surface area contributed by atoms with Gasteiger partial charge < -0.3 is 20.3 Å². The summed E-state index contributed by atoms with van der Waals surface area (Å²) >= 11 is 1.28. The van der Waals surface area contributed by atoms with Gasteiger partial charge in [0.1, 0.15) is 5.69 Å². The molecule has 2 aliphatic heterocycles. The number of aromatic nitrogens is 2. The molecule has 1 aliphatic carbocycles. The summed E-state index contributed by atoms with van der Waals surface area (Å²) in [6, 6.07) is 1.91. The van der Waals surface area contributed by atoms with Crippen LogP contribution in [0.4, 0.5) is 16.5 Å². The predicted octanol–water partition coefficient (Wildman–Crippen LogP) is 1.82. The average Bonchev–Trinajstić information content (AvgIpc) is 3.45. The maximum atomic E-state index is 12.9. The number of nitrogens with zero attached hydrogens (tertiary/aromatic N) is 4. The Kier molecular flexibility index (Phi) is 5.73. The van der Waals surface area contributed by atoms with Crippen LogP contribution in [0.2, 0.25) is 0 Å². The summed E-state index contributed by atoms with van der Waals surface area (Å²) in [4.78, 5) is 38.3. The number of amides is 2. The second-order valence-corrected chi connectivity index (χ2v) is 8.63. The van der Waals surface area contributed by atoms with Crippen LogP contribution in [-0.4, -0.2) is 67.7 Å². The van der Waals surface area contributed by atoms with Crippen molar-refractivity contribution in [1.82, 2.24) is 15.3 Å². The highest BCUT2D eigenvalue weighted by molar-refractivity contribution is 7.14. The lowest BCUT2D eigenvalue weighted by Gasteiger charge is -2.30. The van der Waals surface area contributed by atoms with E-state index in [9.17, 15) is 9.59 Å². The molecule has 1 unspecified atom stereocenters. The Hall–Kier alpha value is -3.08. The SMILES string of the molecule is COC1CC=CC2=C1CN(c1nc(C(=O)Nc3cnccc3N3CCNCC3)cs1)C2=O. The number of anilines is 3. The van der Waals surface area contributed by atoms with E-state index in [2.05, 4.69) is 25.5 Å². The summed E-state index contributed by atoms with van der Waals surface area (Å²) in [6.45, 7) is 3.94. The number of carbonyl (C=O) groups is 2. The normalized spacial score (nSPS) is 20.7. The number of nitrogens with one attached hydrogen (secondary N) is 2. The van der Waals surface area contributed by atoms with Crippen LogP contribution >= 0.6 is 11.3 Å². The van der Waals surface area contributed by atoms with E-state index in [1.807, 2.05) is 18.2 Å². The molecule has 2 aromatic heterocycles. The molecule has 0 radical (unpaired) electrons. The molecule has 0 saturated carbocycles. The highest BCUT2D eigenvalue weighted by atomic mass is 32.1. The number of thiazole rings is 1. The quantitative estimate of drug-likeness (QED) is 0.714. The topological polar surface area (TPSA) is 99.7 Å². The largest absolute Gasteiger partial charge is 0.377 e. The van der Waals surface area contributed by atoms with Crippen LogP contribution in [0, 0.1) is 0 Å². The molecule has 2 amide bonds. The molecule has 3 aliphatic rings. The standard InChI is InChI=1S/C22H24N6O3S/c1-31-19-4-2-3-14-15(19)12-28(21(14)30)22-26-17(13-32-22)20(29)25-16-11-24-6-5-18(16)27-9-7-23-8-10-27/h2-3,5-6,11,13,19,23H,4,7-10,12H2,1H3,(H,25,29). The van der Waals surface area contributed by atoms with Crippen molar-refractivity contribution >= 4 is 39.7 Å². The van der Waals surface area contributed by atoms with Crippen molar-refractivity contribution in [2.45, 2.75) is 12.5 Å². The number of pyridine rings is 1. The molecule has 32 heavy (non-hydrogen) atoms. The number of methoxy groups -OCH3 is 1. The summed E-state index contributed by atoms with van der Waals surface area (Å²) in [6.07, 6.45) is 7.85. The molecule has 9 nitrogen and oxygen atoms in total. The van der Waals surface area contributed by atoms with E-state index < -0.39 is 0 Å². The summed E-state index contributed by atoms with van der Waals surface area (Å²) in [5.41, 5.74) is 3.50. The van der Waals surface area contributed by atoms with Crippen LogP contribution in [0.3, 0.4) is 0 Å². The lowest BCUT2D eigenvalue weighted by Crippen LogP contribution is -2.43. The fourth-order valence-corrected chi connectivity index (χ4v) is 5.05. The summed E-state index contributed by atoms with van der Waals surface area (Å²) < 4.78 is 5.53. The van der Waals surface area contributed by atoms with Crippen LogP contribution < -0.4 is 20.4 Å². The van der Waals surface area contributed by atoms with E-state index in [4.69, 9.17) is 4.74 Å². The van der Waals surface area contributed by atoms with E-state index >= 15 is 0 Å². The van der Waals surface area contributed by atoms with Gasteiger partial charge in [0.25, 0.3) is 11.8 Å². The van der Waals surface area contributed by atoms with Crippen molar-refractivity contribution in [3.63, 3.8) is 0 Å². The zero-order chi connectivity index (χ0) is 22.1. The van der Waals surface area contributed by atoms with Gasteiger partial charge in [-0.05, 0) is 18.1 Å². The van der Waals surface area contributed by atoms with Gasteiger partial charge in [-0.3, -0.25) is 19.5 Å². The Morgan fingerprint density at radius 2 is 2.19 bits per heavy atom. The molecule has 0 spiro atoms. The Morgan fingerprint density at radius 1 is 1.34 bits per heavy atom. The fourth-order valence-electron chi connectivity index (χ4n) is 4.25. The zero-order valence-electron chi connectivity index (χ0n) is 17.7. The van der Waals surface area contributed by atoms with Crippen molar-refractivity contribution in [2.75, 3.05) is 55.0 Å². The average molecular weight is 453 g/mol. The lowest BCUT2D eigenvalue weighted by atomic mass is 9.97. The number of rotatable bonds is 5. The molecule has 1 atom stereocenters. The van der Waals surface area contributed by atoms with Crippen molar-refractivity contribution in [1.29, 1.82) is 0 Å². The van der Waals surface area contributed by atoms with Crippen LogP contribution in [0.1, 0.15) is 16.9 Å². The molecule has 10 heteroatoms. The van der Waals surface area contributed by atoms with Gasteiger partial charge in [0.2, 0.25) is 0 Å². The molecule has 0 bridgehead atoms. The van der Waals surface area contributed by atoms with Gasteiger partial charge in [-0.15, -0.1) is 11.3 Å². The van der Waals surface area contributed by atoms with E-state index in [0.29, 0.717) is 22.9 Å². The third-order valence-electron chi connectivity index (χ3n) is 5.92. The minimum Gasteiger partial charge on any atom is -0.377 e. The molecular weight excluding hydrogens is 428 g/mol. The Morgan fingerprint density at radius 3 is 3.00 bits per heavy atom. The number of hydrogen-bond donors (Lipinski definition) is 2. The summed E-state index contributed by atoms with van der Waals surface area (Å²) in [7, 11) is 1.65. The summed E-state index contributed by atoms with van der Waals surface area (Å²) in [5, 5.41) is 8.45. The first-order valence-electron chi connectivity index (χ1n) is 10.6. The molecule has 2 N–H and O–H groups in total. The highest BCUT2D eigenvalue weighted by Gasteiger charge is 2.36. The van der Waals surface area contributed by atoms with Gasteiger partial charge in [-0.1, -0.05) is 12.2 Å². The maximum absolute atomic E-state index is 12.9. The molecule has 166 valence electrons. The van der Waals surface area contributed by atoms with Gasteiger partial charge in [0, 0.05) is 50.4 Å². The molecule has 1 saturated heterocycles. The first-order valence-corrected chi connectivity index (χ1v) is 11.4. The van der Waals surface area contributed by atoms with E-state index in [0.717, 1.165) is 43.9 Å². The second-order valence-electron chi connectivity index (χ2n) is 7.79. The minimum atomic E-state index is -0.323. The zero-order valence-corrected chi connectivity index (χ0v) is 18.5. The number of ether oxygens (including phenoxy) is 1. The van der Waals surface area contributed by atoms with Gasteiger partial charge >= 0.3 is 0 Å². The predicted molar refractivity (Wildman–Crippen MR) is 123 cm³/mol. The molecule has 2 aromatic rings. The van der Waals surface area contributed by atoms with Crippen molar-refractivity contribution < 1.29 is 14.3 Å². The van der Waals surface area contributed by atoms with Crippen LogP contribution in [0.25, 0.3) is 0 Å². The van der Waals surface area contributed by atoms with Crippen molar-refractivity contribution in [3.8, 4) is 0 Å². The van der Waals surface area contributed by atoms with Gasteiger partial charge in [0.15, 0.2) is 5.13 Å². The lowest BCUT2D eigenvalue weighted by molar-refractivity contribution is -0.114. The molecule has 4 heterocycles. The van der Waals surface area contributed by atoms with Gasteiger partial charge in [0.05, 0.1) is 30.2 Å². The van der Waals surface area contributed by atoms with Crippen molar-refractivity contribution in [3.05, 3.63) is 52.8 Å². The van der Waals surface area contributed by atoms with Crippen LogP contribution in [0.15, 0.2) is 47.1 Å². The third kappa shape index (κ3) is 3.81. The minimum absolute atomic E-state index is 0.0966. The van der Waals surface area contributed by atoms with Gasteiger partial charge in [-0.2, -0.15) is 0 Å². The Balaban J connectivity index is 1.32. The molecule has 5 rings (SSSR count). The number of piperazine rings is 1.